The molecule has 1 aromatic heterocycles. The molecule has 0 unspecified atom stereocenters. The van der Waals surface area contributed by atoms with E-state index in [0.717, 1.165) is 0 Å². The van der Waals surface area contributed by atoms with Gasteiger partial charge in [-0.05, 0) is 26.0 Å². The Labute approximate surface area is 110 Å². The van der Waals surface area contributed by atoms with Crippen LogP contribution in [-0.4, -0.2) is 15.9 Å². The van der Waals surface area contributed by atoms with E-state index in [-0.39, 0.29) is 17.5 Å². The zero-order chi connectivity index (χ0) is 14.0. The Morgan fingerprint density at radius 2 is 2.21 bits per heavy atom. The fourth-order valence-corrected chi connectivity index (χ4v) is 1.65. The van der Waals surface area contributed by atoms with Crippen molar-refractivity contribution >= 4 is 5.82 Å². The van der Waals surface area contributed by atoms with E-state index in [1.807, 2.05) is 19.9 Å². The van der Waals surface area contributed by atoms with Gasteiger partial charge in [0, 0.05) is 6.07 Å². The van der Waals surface area contributed by atoms with E-state index in [0.29, 0.717) is 11.4 Å². The molecule has 6 heteroatoms. The molecule has 0 bridgehead atoms. The van der Waals surface area contributed by atoms with Gasteiger partial charge in [-0.3, -0.25) is 0 Å². The van der Waals surface area contributed by atoms with Gasteiger partial charge < -0.3 is 10.5 Å². The summed E-state index contributed by atoms with van der Waals surface area (Å²) in [7, 11) is 0. The lowest BCUT2D eigenvalue weighted by molar-refractivity contribution is 0.240. The molecule has 0 aliphatic carbocycles. The fraction of sp³-hybridized carbons (Fsp3) is 0.231. The van der Waals surface area contributed by atoms with Crippen molar-refractivity contribution in [1.29, 1.82) is 5.26 Å². The van der Waals surface area contributed by atoms with E-state index >= 15 is 0 Å². The van der Waals surface area contributed by atoms with Crippen LogP contribution in [0.4, 0.5) is 10.2 Å². The van der Waals surface area contributed by atoms with E-state index in [4.69, 9.17) is 15.7 Å². The summed E-state index contributed by atoms with van der Waals surface area (Å²) in [4.78, 5) is 0. The van der Waals surface area contributed by atoms with Crippen molar-refractivity contribution in [3.63, 3.8) is 0 Å². The predicted octanol–water partition coefficient (Wildman–Crippen LogP) is 2.25. The Morgan fingerprint density at radius 1 is 1.47 bits per heavy atom. The summed E-state index contributed by atoms with van der Waals surface area (Å²) in [5.74, 6) is 0.114. The summed E-state index contributed by atoms with van der Waals surface area (Å²) in [5, 5.41) is 12.9. The van der Waals surface area contributed by atoms with Crippen LogP contribution in [0.1, 0.15) is 19.4 Å². The number of hydrogen-bond donors (Lipinski definition) is 1. The first kappa shape index (κ1) is 12.9. The number of halogens is 1. The molecule has 0 fully saturated rings. The maximum Gasteiger partial charge on any atom is 0.148 e. The van der Waals surface area contributed by atoms with Gasteiger partial charge in [0.25, 0.3) is 0 Å². The van der Waals surface area contributed by atoms with Crippen LogP contribution in [-0.2, 0) is 0 Å². The van der Waals surface area contributed by atoms with Crippen LogP contribution in [0.3, 0.4) is 0 Å². The maximum atomic E-state index is 13.3. The summed E-state index contributed by atoms with van der Waals surface area (Å²) in [6.07, 6.45) is 1.24. The third kappa shape index (κ3) is 2.50. The van der Waals surface area contributed by atoms with Gasteiger partial charge in [-0.25, -0.2) is 9.07 Å². The van der Waals surface area contributed by atoms with E-state index in [9.17, 15) is 4.39 Å². The first-order valence-corrected chi connectivity index (χ1v) is 5.73. The number of ether oxygens (including phenoxy) is 1. The van der Waals surface area contributed by atoms with Gasteiger partial charge in [-0.1, -0.05) is 0 Å². The lowest BCUT2D eigenvalue weighted by atomic mass is 10.2. The van der Waals surface area contributed by atoms with Gasteiger partial charge in [-0.15, -0.1) is 0 Å². The first-order valence-electron chi connectivity index (χ1n) is 5.73. The number of anilines is 1. The monoisotopic (exact) mass is 260 g/mol. The number of benzene rings is 1. The number of nitriles is 1. The largest absolute Gasteiger partial charge is 0.489 e. The zero-order valence-electron chi connectivity index (χ0n) is 10.6. The molecule has 0 aliphatic rings. The highest BCUT2D eigenvalue weighted by molar-refractivity contribution is 5.56. The molecular formula is C13H13FN4O. The van der Waals surface area contributed by atoms with Gasteiger partial charge in [0.05, 0.1) is 12.3 Å². The van der Waals surface area contributed by atoms with E-state index in [1.165, 1.54) is 29.1 Å². The van der Waals surface area contributed by atoms with Gasteiger partial charge in [-0.2, -0.15) is 10.4 Å². The number of nitrogens with two attached hydrogens (primary N) is 1. The van der Waals surface area contributed by atoms with Crippen molar-refractivity contribution in [2.75, 3.05) is 5.73 Å². The number of hydrogen-bond acceptors (Lipinski definition) is 4. The van der Waals surface area contributed by atoms with Crippen LogP contribution >= 0.6 is 0 Å². The molecule has 1 heterocycles. The smallest absolute Gasteiger partial charge is 0.148 e. The van der Waals surface area contributed by atoms with Crippen LogP contribution in [0.25, 0.3) is 5.69 Å². The topological polar surface area (TPSA) is 76.9 Å². The molecule has 0 atom stereocenters. The Balaban J connectivity index is 2.55. The molecule has 1 aromatic carbocycles. The summed E-state index contributed by atoms with van der Waals surface area (Å²) in [6, 6.07) is 6.00. The first-order chi connectivity index (χ1) is 9.02. The van der Waals surface area contributed by atoms with E-state index in [1.54, 1.807) is 0 Å². The molecule has 0 saturated carbocycles. The van der Waals surface area contributed by atoms with Gasteiger partial charge >= 0.3 is 0 Å². The molecule has 0 spiro atoms. The number of nitrogen functional groups attached to an aromatic ring is 1. The van der Waals surface area contributed by atoms with Crippen molar-refractivity contribution < 1.29 is 9.13 Å². The second kappa shape index (κ2) is 4.98. The molecule has 0 aliphatic heterocycles. The highest BCUT2D eigenvalue weighted by atomic mass is 19.1. The zero-order valence-corrected chi connectivity index (χ0v) is 10.6. The summed E-state index contributed by atoms with van der Waals surface area (Å²) < 4.78 is 20.2. The number of rotatable bonds is 3. The third-order valence-electron chi connectivity index (χ3n) is 2.44. The Hall–Kier alpha value is -2.55. The van der Waals surface area contributed by atoms with Crippen molar-refractivity contribution in [3.05, 3.63) is 35.8 Å². The Morgan fingerprint density at radius 3 is 2.79 bits per heavy atom. The molecule has 0 amide bonds. The lowest BCUT2D eigenvalue weighted by Crippen LogP contribution is -2.10. The van der Waals surface area contributed by atoms with Crippen LogP contribution < -0.4 is 10.5 Å². The second-order valence-electron chi connectivity index (χ2n) is 4.25. The molecule has 0 saturated heterocycles. The van der Waals surface area contributed by atoms with Crippen LogP contribution in [0.2, 0.25) is 0 Å². The predicted molar refractivity (Wildman–Crippen MR) is 68.4 cm³/mol. The van der Waals surface area contributed by atoms with Crippen LogP contribution in [0, 0.1) is 17.1 Å². The molecular weight excluding hydrogens is 247 g/mol. The minimum atomic E-state index is -0.411. The average Bonchev–Trinajstić information content (AvgIpc) is 2.70. The van der Waals surface area contributed by atoms with Gasteiger partial charge in [0.1, 0.15) is 34.7 Å². The average molecular weight is 260 g/mol. The van der Waals surface area contributed by atoms with Crippen LogP contribution in [0.15, 0.2) is 24.4 Å². The molecule has 98 valence electrons. The van der Waals surface area contributed by atoms with Crippen molar-refractivity contribution in [2.45, 2.75) is 20.0 Å². The second-order valence-corrected chi connectivity index (χ2v) is 4.25. The molecule has 0 radical (unpaired) electrons. The molecule has 19 heavy (non-hydrogen) atoms. The van der Waals surface area contributed by atoms with Crippen LogP contribution in [0.5, 0.6) is 5.75 Å². The van der Waals surface area contributed by atoms with Crippen molar-refractivity contribution in [3.8, 4) is 17.5 Å². The Kier molecular flexibility index (Phi) is 3.38. The highest BCUT2D eigenvalue weighted by Gasteiger charge is 2.14. The number of aromatic nitrogens is 2. The standard InChI is InChI=1S/C13H13FN4O/c1-8(2)19-12-5-10(14)3-4-11(12)18-13(16)9(6-15)7-17-18/h3-5,7-8H,16H2,1-2H3. The van der Waals surface area contributed by atoms with Gasteiger partial charge in [0.2, 0.25) is 0 Å². The fourth-order valence-electron chi connectivity index (χ4n) is 1.65. The molecule has 2 rings (SSSR count). The molecule has 5 nitrogen and oxygen atoms in total. The maximum absolute atomic E-state index is 13.3. The lowest BCUT2D eigenvalue weighted by Gasteiger charge is -2.15. The summed E-state index contributed by atoms with van der Waals surface area (Å²) in [5.41, 5.74) is 6.57. The van der Waals surface area contributed by atoms with E-state index < -0.39 is 5.82 Å². The van der Waals surface area contributed by atoms with Gasteiger partial charge in [0.15, 0.2) is 0 Å². The number of nitrogens with zero attached hydrogens (tertiary/aromatic N) is 3. The third-order valence-corrected chi connectivity index (χ3v) is 2.44. The summed E-state index contributed by atoms with van der Waals surface area (Å²) >= 11 is 0. The SMILES string of the molecule is CC(C)Oc1cc(F)ccc1-n1ncc(C#N)c1N. The molecule has 2 aromatic rings. The molecule has 2 N–H and O–H groups in total. The van der Waals surface area contributed by atoms with Crippen molar-refractivity contribution in [2.24, 2.45) is 0 Å². The minimum Gasteiger partial charge on any atom is -0.489 e. The summed E-state index contributed by atoms with van der Waals surface area (Å²) in [6.45, 7) is 3.67. The Bertz CT molecular complexity index is 643. The van der Waals surface area contributed by atoms with Crippen molar-refractivity contribution in [1.82, 2.24) is 9.78 Å². The quantitative estimate of drug-likeness (QED) is 0.918. The normalized spacial score (nSPS) is 10.5. The minimum absolute atomic E-state index is 0.118. The highest BCUT2D eigenvalue weighted by Crippen LogP contribution is 2.27. The van der Waals surface area contributed by atoms with E-state index in [2.05, 4.69) is 5.10 Å².